The van der Waals surface area contributed by atoms with Crippen molar-refractivity contribution < 1.29 is 162 Å². The Bertz CT molecular complexity index is 2300. The van der Waals surface area contributed by atoms with Crippen molar-refractivity contribution in [2.45, 2.75) is 353 Å². The first kappa shape index (κ1) is 88.4. The average molecular weight is 1470 g/mol. The van der Waals surface area contributed by atoms with Crippen LogP contribution in [0.1, 0.15) is 187 Å². The molecule has 0 radical (unpaired) electrons. The molecule has 0 aromatic carbocycles. The fourth-order valence-electron chi connectivity index (χ4n) is 12.5. The van der Waals surface area contributed by atoms with Crippen molar-refractivity contribution >= 4 is 19.8 Å². The average Bonchev–Trinajstić information content (AvgIpc) is 0.760. The summed E-state index contributed by atoms with van der Waals surface area (Å²) in [6, 6.07) is 0. The fourth-order valence-corrected chi connectivity index (χ4v) is 13.4. The first-order valence-corrected chi connectivity index (χ1v) is 37.5. The molecular formula is C66H119O33P. The molecule has 0 aromatic heterocycles. The molecule has 12 unspecified atom stereocenters. The number of rotatable bonds is 48. The van der Waals surface area contributed by atoms with Gasteiger partial charge in [0.15, 0.2) is 31.3 Å². The lowest BCUT2D eigenvalue weighted by Crippen LogP contribution is -2.69. The van der Waals surface area contributed by atoms with Crippen molar-refractivity contribution in [1.29, 1.82) is 0 Å². The molecule has 0 amide bonds. The van der Waals surface area contributed by atoms with Crippen molar-refractivity contribution in [3.8, 4) is 0 Å². The van der Waals surface area contributed by atoms with E-state index in [4.69, 9.17) is 56.4 Å². The van der Waals surface area contributed by atoms with Crippen LogP contribution in [0.3, 0.4) is 0 Å². The van der Waals surface area contributed by atoms with Gasteiger partial charge in [0, 0.05) is 12.8 Å². The maximum absolute atomic E-state index is 14.4. The van der Waals surface area contributed by atoms with E-state index >= 15 is 0 Å². The smallest absolute Gasteiger partial charge is 0.462 e. The molecule has 4 saturated heterocycles. The molecule has 1 saturated carbocycles. The van der Waals surface area contributed by atoms with E-state index in [2.05, 4.69) is 26.0 Å². The highest BCUT2D eigenvalue weighted by molar-refractivity contribution is 7.47. The van der Waals surface area contributed by atoms with Gasteiger partial charge in [-0.3, -0.25) is 18.6 Å². The number of carbonyl (C=O) groups excluding carboxylic acids is 2. The molecule has 0 bridgehead atoms. The third-order valence-electron chi connectivity index (χ3n) is 18.8. The van der Waals surface area contributed by atoms with Crippen LogP contribution in [0.2, 0.25) is 0 Å². The molecule has 4 heterocycles. The maximum Gasteiger partial charge on any atom is 0.472 e. The van der Waals surface area contributed by atoms with Crippen LogP contribution in [0.4, 0.5) is 0 Å². The van der Waals surface area contributed by atoms with Crippen molar-refractivity contribution in [3.05, 3.63) is 12.2 Å². The zero-order chi connectivity index (χ0) is 73.5. The van der Waals surface area contributed by atoms with E-state index in [9.17, 15) is 106 Å². The lowest BCUT2D eigenvalue weighted by atomic mass is 9.84. The van der Waals surface area contributed by atoms with E-state index in [1.54, 1.807) is 0 Å². The Hall–Kier alpha value is -2.21. The number of hydrogen-bond donors (Lipinski definition) is 18. The lowest BCUT2D eigenvalue weighted by Gasteiger charge is -2.49. The Morgan fingerprint density at radius 2 is 0.720 bits per heavy atom. The van der Waals surface area contributed by atoms with Crippen molar-refractivity contribution in [1.82, 2.24) is 0 Å². The molecule has 586 valence electrons. The summed E-state index contributed by atoms with van der Waals surface area (Å²) in [6.45, 7) is -0.939. The van der Waals surface area contributed by atoms with Gasteiger partial charge in [0.1, 0.15) is 141 Å². The number of ether oxygens (including phenoxy) is 10. The number of hydrogen-bond acceptors (Lipinski definition) is 32. The quantitative estimate of drug-likeness (QED) is 0.0153. The first-order valence-electron chi connectivity index (χ1n) is 36.0. The van der Waals surface area contributed by atoms with Gasteiger partial charge >= 0.3 is 19.8 Å². The first-order chi connectivity index (χ1) is 47.8. The van der Waals surface area contributed by atoms with Gasteiger partial charge in [0.05, 0.1) is 33.0 Å². The molecule has 28 atom stereocenters. The summed E-state index contributed by atoms with van der Waals surface area (Å²) in [6.07, 6.45) is -25.9. The van der Waals surface area contributed by atoms with E-state index < -0.39 is 225 Å². The summed E-state index contributed by atoms with van der Waals surface area (Å²) in [7, 11) is -5.81. The van der Waals surface area contributed by atoms with Gasteiger partial charge in [0.2, 0.25) is 0 Å². The van der Waals surface area contributed by atoms with Crippen molar-refractivity contribution in [3.63, 3.8) is 0 Å². The summed E-state index contributed by atoms with van der Waals surface area (Å²) < 4.78 is 81.3. The van der Waals surface area contributed by atoms with Crippen LogP contribution in [-0.4, -0.2) is 309 Å². The van der Waals surface area contributed by atoms with E-state index in [-0.39, 0.29) is 12.8 Å². The zero-order valence-corrected chi connectivity index (χ0v) is 58.6. The van der Waals surface area contributed by atoms with Crippen LogP contribution < -0.4 is 0 Å². The van der Waals surface area contributed by atoms with Crippen LogP contribution in [0.15, 0.2) is 12.2 Å². The molecule has 0 spiro atoms. The molecule has 4 aliphatic heterocycles. The number of phosphoric ester groups is 1. The highest BCUT2D eigenvalue weighted by Gasteiger charge is 2.59. The van der Waals surface area contributed by atoms with Gasteiger partial charge in [0.25, 0.3) is 0 Å². The van der Waals surface area contributed by atoms with Crippen LogP contribution in [-0.2, 0) is 70.6 Å². The number of allylic oxidation sites excluding steroid dienone is 2. The minimum Gasteiger partial charge on any atom is -0.462 e. The molecular weight excluding hydrogens is 1350 g/mol. The van der Waals surface area contributed by atoms with E-state index in [1.165, 1.54) is 64.2 Å². The normalized spacial score (nSPS) is 36.7. The standard InChI is InChI=1S/C66H119O33P/c1-3-5-7-9-11-13-15-16-17-18-19-21-22-24-26-28-30-43(69)88-34-38(92-44(70)31-29-27-25-23-20-14-12-10-8-6-4-2)35-91-100(86,87)99-62-60(97-65-58(84)50(76)46(72)40(33-68)94-65)54(80)53(79)55(81)61(62)98-66-59(85)52(78)48(74)42(96-66)37-90-64-57(83)51(77)47(73)41(95-64)36-89-63-56(82)49(75)45(71)39(32-67)93-63/h17-18,38-42,45-68,71-85H,3-16,19-37H2,1-2H3,(H,86,87)/b18-17-/t38-,39?,40?,41?,42?,45+,46-,47+,48+,49?,50?,51?,52?,53+,54?,55?,56+,57+,58-,59+,60-,61?,62+,63-,64-,65-,66+/m1/s1. The van der Waals surface area contributed by atoms with Crippen LogP contribution in [0, 0.1) is 0 Å². The third-order valence-corrected chi connectivity index (χ3v) is 19.8. The van der Waals surface area contributed by atoms with Crippen LogP contribution >= 0.6 is 7.82 Å². The minimum absolute atomic E-state index is 0.0122. The summed E-state index contributed by atoms with van der Waals surface area (Å²) in [4.78, 5) is 38.1. The van der Waals surface area contributed by atoms with E-state index in [0.717, 1.165) is 77.0 Å². The Morgan fingerprint density at radius 1 is 0.390 bits per heavy atom. The maximum atomic E-state index is 14.4. The Balaban J connectivity index is 1.29. The molecule has 5 rings (SSSR count). The molecule has 0 aromatic rings. The second-order valence-corrected chi connectivity index (χ2v) is 28.3. The lowest BCUT2D eigenvalue weighted by molar-refractivity contribution is -0.365. The molecule has 5 fully saturated rings. The minimum atomic E-state index is -5.81. The SMILES string of the molecule is CCCCCCCCC/C=C\CCCCCCCC(=O)OC[C@H](COP(=O)(O)O[C@@H]1C(O[C@@H]2OC(CO[C@@H]3OC(CO[C@@H]4OC(CO)[C@H](O)C(O)[C@@H]4O)[C@H](O)C(O)[C@@H]3O)[C@H](O)C(O)[C@@H]2O)C(O)[C@@H](O)C(O)[C@H]1O[C@H]1OC(CO)[C@@H](O)C(O)[C@H]1O)OC(=O)CCCCCCCCCCCCC. The number of aliphatic hydroxyl groups excluding tert-OH is 17. The topological polar surface area (TPSA) is 526 Å². The van der Waals surface area contributed by atoms with Gasteiger partial charge in [-0.2, -0.15) is 0 Å². The Labute approximate surface area is 584 Å². The summed E-state index contributed by atoms with van der Waals surface area (Å²) in [5.41, 5.74) is 0. The monoisotopic (exact) mass is 1470 g/mol. The van der Waals surface area contributed by atoms with Crippen molar-refractivity contribution in [2.24, 2.45) is 0 Å². The second-order valence-electron chi connectivity index (χ2n) is 26.9. The number of carbonyl (C=O) groups is 2. The Kier molecular flexibility index (Phi) is 41.4. The van der Waals surface area contributed by atoms with Gasteiger partial charge in [-0.15, -0.1) is 0 Å². The van der Waals surface area contributed by atoms with E-state index in [1.807, 2.05) is 0 Å². The van der Waals surface area contributed by atoms with E-state index in [0.29, 0.717) is 19.3 Å². The molecule has 18 N–H and O–H groups in total. The second kappa shape index (κ2) is 46.8. The van der Waals surface area contributed by atoms with Crippen LogP contribution in [0.25, 0.3) is 0 Å². The number of esters is 2. The van der Waals surface area contributed by atoms with Gasteiger partial charge < -0.3 is 139 Å². The third kappa shape index (κ3) is 28.2. The highest BCUT2D eigenvalue weighted by Crippen LogP contribution is 2.49. The van der Waals surface area contributed by atoms with Gasteiger partial charge in [-0.05, 0) is 38.5 Å². The molecule has 5 aliphatic rings. The molecule has 100 heavy (non-hydrogen) atoms. The number of phosphoric acid groups is 1. The Morgan fingerprint density at radius 3 is 1.13 bits per heavy atom. The summed E-state index contributed by atoms with van der Waals surface area (Å²) >= 11 is 0. The molecule has 34 heteroatoms. The highest BCUT2D eigenvalue weighted by atomic mass is 31.2. The number of unbranched alkanes of at least 4 members (excludes halogenated alkanes) is 22. The largest absolute Gasteiger partial charge is 0.472 e. The predicted molar refractivity (Wildman–Crippen MR) is 347 cm³/mol. The number of aliphatic hydroxyl groups is 17. The van der Waals surface area contributed by atoms with Crippen LogP contribution in [0.5, 0.6) is 0 Å². The fraction of sp³-hybridized carbons (Fsp3) is 0.939. The van der Waals surface area contributed by atoms with Crippen molar-refractivity contribution in [2.75, 3.05) is 39.6 Å². The summed E-state index contributed by atoms with van der Waals surface area (Å²) in [5.74, 6) is -1.45. The molecule has 33 nitrogen and oxygen atoms in total. The summed E-state index contributed by atoms with van der Waals surface area (Å²) in [5, 5.41) is 183. The molecule has 1 aliphatic carbocycles. The van der Waals surface area contributed by atoms with Gasteiger partial charge in [-0.25, -0.2) is 4.57 Å². The predicted octanol–water partition coefficient (Wildman–Crippen LogP) is -0.813. The van der Waals surface area contributed by atoms with Gasteiger partial charge in [-0.1, -0.05) is 148 Å². The zero-order valence-electron chi connectivity index (χ0n) is 57.7.